The zero-order chi connectivity index (χ0) is 11.2. The van der Waals surface area contributed by atoms with Gasteiger partial charge in [-0.05, 0) is 33.6 Å². The molecule has 0 rings (SSSR count). The van der Waals surface area contributed by atoms with E-state index in [0.717, 1.165) is 31.4 Å². The Hall–Kier alpha value is 0.916. The van der Waals surface area contributed by atoms with Crippen molar-refractivity contribution in [2.75, 3.05) is 0 Å². The molecule has 0 aliphatic rings. The monoisotopic (exact) mass is 358 g/mol. The van der Waals surface area contributed by atoms with Crippen molar-refractivity contribution in [3.05, 3.63) is 0 Å². The molecule has 0 aromatic rings. The molecule has 0 saturated carbocycles. The number of nitrogens with zero attached hydrogens (tertiary/aromatic N) is 1. The Balaban J connectivity index is 0. The van der Waals surface area contributed by atoms with Crippen LogP contribution < -0.4 is 0 Å². The summed E-state index contributed by atoms with van der Waals surface area (Å²) >= 11 is 0. The average Bonchev–Trinajstić information content (AvgIpc) is 2.03. The van der Waals surface area contributed by atoms with Crippen LogP contribution >= 0.6 is 0 Å². The molecular formula is C12H25NOTb. The van der Waals surface area contributed by atoms with Crippen molar-refractivity contribution in [2.45, 2.75) is 71.9 Å². The second-order valence-corrected chi connectivity index (χ2v) is 4.34. The van der Waals surface area contributed by atoms with Gasteiger partial charge in [0.15, 0.2) is 0 Å². The van der Waals surface area contributed by atoms with E-state index in [1.54, 1.807) is 0 Å². The molecule has 0 aromatic heterocycles. The van der Waals surface area contributed by atoms with Gasteiger partial charge in [-0.3, -0.25) is 4.99 Å². The maximum Gasteiger partial charge on any atom is 0.102 e. The van der Waals surface area contributed by atoms with Gasteiger partial charge in [0, 0.05) is 50.4 Å². The predicted octanol–water partition coefficient (Wildman–Crippen LogP) is 3.19. The molecule has 0 fully saturated rings. The molecule has 0 heterocycles. The molecule has 1 N–H and O–H groups in total. The minimum absolute atomic E-state index is 0. The molecule has 0 bridgehead atoms. The van der Waals surface area contributed by atoms with Crippen LogP contribution in [0, 0.1) is 38.6 Å². The normalized spacial score (nSPS) is 12.9. The Labute approximate surface area is 125 Å². The summed E-state index contributed by atoms with van der Waals surface area (Å²) in [6.45, 7) is 10.2. The van der Waals surface area contributed by atoms with Crippen molar-refractivity contribution in [1.29, 1.82) is 0 Å². The Bertz CT molecular complexity index is 184. The molecule has 0 amide bonds. The average molecular weight is 358 g/mol. The SMILES string of the molecule is CCCC(O)(CCC)C(C)=NC(C)C.[Tb]. The standard InChI is InChI=1S/C12H25NO.Tb/c1-6-8-12(14,9-7-2)11(5)13-10(3)4;/h10,14H,6-9H2,1-5H3;. The van der Waals surface area contributed by atoms with E-state index in [-0.39, 0.29) is 44.7 Å². The molecule has 93 valence electrons. The zero-order valence-electron chi connectivity index (χ0n) is 10.6. The molecule has 0 unspecified atom stereocenters. The summed E-state index contributed by atoms with van der Waals surface area (Å²) in [6, 6.07) is 0.273. The van der Waals surface area contributed by atoms with Gasteiger partial charge in [-0.25, -0.2) is 0 Å². The van der Waals surface area contributed by atoms with Gasteiger partial charge in [-0.1, -0.05) is 26.7 Å². The Morgan fingerprint density at radius 3 is 1.87 bits per heavy atom. The second-order valence-electron chi connectivity index (χ2n) is 4.34. The van der Waals surface area contributed by atoms with E-state index in [2.05, 4.69) is 18.8 Å². The Morgan fingerprint density at radius 2 is 1.60 bits per heavy atom. The summed E-state index contributed by atoms with van der Waals surface area (Å²) in [7, 11) is 0. The number of hydrogen-bond donors (Lipinski definition) is 1. The third-order valence-electron chi connectivity index (χ3n) is 2.45. The van der Waals surface area contributed by atoms with Gasteiger partial charge in [0.2, 0.25) is 0 Å². The molecule has 0 aliphatic carbocycles. The summed E-state index contributed by atoms with van der Waals surface area (Å²) in [6.07, 6.45) is 3.65. The quantitative estimate of drug-likeness (QED) is 0.727. The van der Waals surface area contributed by atoms with E-state index in [4.69, 9.17) is 0 Å². The summed E-state index contributed by atoms with van der Waals surface area (Å²) < 4.78 is 0. The van der Waals surface area contributed by atoms with Gasteiger partial charge in [-0.15, -0.1) is 0 Å². The number of rotatable bonds is 6. The maximum atomic E-state index is 10.4. The molecule has 3 heteroatoms. The number of aliphatic hydroxyl groups is 1. The van der Waals surface area contributed by atoms with Gasteiger partial charge in [0.05, 0.1) is 0 Å². The van der Waals surface area contributed by atoms with Crippen molar-refractivity contribution < 1.29 is 43.7 Å². The van der Waals surface area contributed by atoms with Crippen molar-refractivity contribution in [3.8, 4) is 0 Å². The summed E-state index contributed by atoms with van der Waals surface area (Å²) in [5.41, 5.74) is 0.240. The van der Waals surface area contributed by atoms with Crippen molar-refractivity contribution >= 4 is 5.71 Å². The van der Waals surface area contributed by atoms with Crippen LogP contribution in [0.3, 0.4) is 0 Å². The van der Waals surface area contributed by atoms with E-state index < -0.39 is 5.60 Å². The largest absolute Gasteiger partial charge is 0.384 e. The predicted molar refractivity (Wildman–Crippen MR) is 63.0 cm³/mol. The van der Waals surface area contributed by atoms with E-state index in [0.29, 0.717) is 0 Å². The third kappa shape index (κ3) is 6.95. The third-order valence-corrected chi connectivity index (χ3v) is 2.45. The molecule has 0 spiro atoms. The summed E-state index contributed by atoms with van der Waals surface area (Å²) in [4.78, 5) is 4.45. The summed E-state index contributed by atoms with van der Waals surface area (Å²) in [5.74, 6) is 0. The molecule has 0 aromatic carbocycles. The first kappa shape index (κ1) is 18.3. The van der Waals surface area contributed by atoms with Crippen molar-refractivity contribution in [2.24, 2.45) is 4.99 Å². The minimum atomic E-state index is -0.659. The maximum absolute atomic E-state index is 10.4. The van der Waals surface area contributed by atoms with Crippen LogP contribution in [-0.4, -0.2) is 22.5 Å². The van der Waals surface area contributed by atoms with Gasteiger partial charge >= 0.3 is 0 Å². The van der Waals surface area contributed by atoms with E-state index >= 15 is 0 Å². The van der Waals surface area contributed by atoms with Crippen LogP contribution in [0.1, 0.15) is 60.3 Å². The molecule has 15 heavy (non-hydrogen) atoms. The van der Waals surface area contributed by atoms with Crippen LogP contribution in [-0.2, 0) is 0 Å². The topological polar surface area (TPSA) is 32.6 Å². The molecular weight excluding hydrogens is 333 g/mol. The molecule has 0 saturated heterocycles. The zero-order valence-corrected chi connectivity index (χ0v) is 12.8. The molecule has 0 aliphatic heterocycles. The number of hydrogen-bond acceptors (Lipinski definition) is 2. The van der Waals surface area contributed by atoms with Crippen LogP contribution in [0.4, 0.5) is 0 Å². The van der Waals surface area contributed by atoms with Gasteiger partial charge in [0.25, 0.3) is 0 Å². The summed E-state index contributed by atoms with van der Waals surface area (Å²) in [5, 5.41) is 10.4. The van der Waals surface area contributed by atoms with Gasteiger partial charge in [0.1, 0.15) is 5.60 Å². The Kier molecular flexibility index (Phi) is 11.0. The van der Waals surface area contributed by atoms with Crippen molar-refractivity contribution in [3.63, 3.8) is 0 Å². The van der Waals surface area contributed by atoms with Crippen LogP contribution in [0.25, 0.3) is 0 Å². The fourth-order valence-corrected chi connectivity index (χ4v) is 1.82. The van der Waals surface area contributed by atoms with Crippen molar-refractivity contribution in [1.82, 2.24) is 0 Å². The minimum Gasteiger partial charge on any atom is -0.384 e. The van der Waals surface area contributed by atoms with Gasteiger partial charge < -0.3 is 5.11 Å². The van der Waals surface area contributed by atoms with E-state index in [1.807, 2.05) is 20.8 Å². The van der Waals surface area contributed by atoms with E-state index in [1.165, 1.54) is 0 Å². The molecule has 2 nitrogen and oxygen atoms in total. The van der Waals surface area contributed by atoms with E-state index in [9.17, 15) is 5.11 Å². The molecule has 1 radical (unpaired) electrons. The van der Waals surface area contributed by atoms with Crippen LogP contribution in [0.5, 0.6) is 0 Å². The fraction of sp³-hybridized carbons (Fsp3) is 0.917. The fourth-order valence-electron chi connectivity index (χ4n) is 1.82. The first-order valence-corrected chi connectivity index (χ1v) is 5.73. The second kappa shape index (κ2) is 9.00. The van der Waals surface area contributed by atoms with Crippen LogP contribution in [0.2, 0.25) is 0 Å². The number of aliphatic imine (C=N–C) groups is 1. The molecule has 0 atom stereocenters. The van der Waals surface area contributed by atoms with Gasteiger partial charge in [-0.2, -0.15) is 0 Å². The smallest absolute Gasteiger partial charge is 0.102 e. The Morgan fingerprint density at radius 1 is 1.20 bits per heavy atom. The first-order valence-electron chi connectivity index (χ1n) is 5.73. The first-order chi connectivity index (χ1) is 6.46. The van der Waals surface area contributed by atoms with Crippen LogP contribution in [0.15, 0.2) is 4.99 Å².